The van der Waals surface area contributed by atoms with Gasteiger partial charge in [0.05, 0.1) is 6.10 Å². The van der Waals surface area contributed by atoms with Gasteiger partial charge < -0.3 is 10.4 Å². The van der Waals surface area contributed by atoms with Crippen LogP contribution in [0.15, 0.2) is 0 Å². The summed E-state index contributed by atoms with van der Waals surface area (Å²) in [6.45, 7) is 4.48. The highest BCUT2D eigenvalue weighted by molar-refractivity contribution is 4.83. The molecule has 2 nitrogen and oxygen atoms in total. The van der Waals surface area contributed by atoms with E-state index in [1.165, 1.54) is 38.5 Å². The van der Waals surface area contributed by atoms with Gasteiger partial charge in [-0.25, -0.2) is 0 Å². The van der Waals surface area contributed by atoms with Gasteiger partial charge in [-0.1, -0.05) is 39.5 Å². The fourth-order valence-corrected chi connectivity index (χ4v) is 2.46. The Morgan fingerprint density at radius 2 is 2.00 bits per heavy atom. The van der Waals surface area contributed by atoms with Crippen molar-refractivity contribution < 1.29 is 5.11 Å². The molecule has 1 fully saturated rings. The fraction of sp³-hybridized carbons (Fsp3) is 1.00. The summed E-state index contributed by atoms with van der Waals surface area (Å²) >= 11 is 0. The summed E-state index contributed by atoms with van der Waals surface area (Å²) in [7, 11) is 0. The molecule has 0 aliphatic heterocycles. The first-order valence-corrected chi connectivity index (χ1v) is 6.72. The zero-order valence-corrected chi connectivity index (χ0v) is 10.3. The lowest BCUT2D eigenvalue weighted by Crippen LogP contribution is -2.46. The molecule has 1 rings (SSSR count). The van der Waals surface area contributed by atoms with Crippen molar-refractivity contribution in [2.24, 2.45) is 0 Å². The smallest absolute Gasteiger partial charge is 0.0693 e. The number of hydrogen-bond donors (Lipinski definition) is 2. The summed E-state index contributed by atoms with van der Waals surface area (Å²) in [4.78, 5) is 0. The predicted octanol–water partition coefficient (Wildman–Crippen LogP) is 2.85. The molecule has 15 heavy (non-hydrogen) atoms. The average molecular weight is 213 g/mol. The van der Waals surface area contributed by atoms with Crippen LogP contribution in [-0.4, -0.2) is 23.3 Å². The van der Waals surface area contributed by atoms with Gasteiger partial charge in [-0.3, -0.25) is 0 Å². The predicted molar refractivity (Wildman–Crippen MR) is 65.0 cm³/mol. The van der Waals surface area contributed by atoms with Gasteiger partial charge in [-0.15, -0.1) is 0 Å². The van der Waals surface area contributed by atoms with Crippen LogP contribution in [0, 0.1) is 0 Å². The Hall–Kier alpha value is -0.0800. The molecule has 3 atom stereocenters. The quantitative estimate of drug-likeness (QED) is 0.711. The Labute approximate surface area is 94.5 Å². The van der Waals surface area contributed by atoms with Crippen LogP contribution in [0.3, 0.4) is 0 Å². The lowest BCUT2D eigenvalue weighted by atomic mass is 9.91. The van der Waals surface area contributed by atoms with Crippen LogP contribution in [0.2, 0.25) is 0 Å². The number of aliphatic hydroxyl groups is 1. The average Bonchev–Trinajstić information content (AvgIpc) is 2.26. The van der Waals surface area contributed by atoms with Gasteiger partial charge in [0.25, 0.3) is 0 Å². The van der Waals surface area contributed by atoms with E-state index < -0.39 is 0 Å². The first kappa shape index (κ1) is 13.0. The monoisotopic (exact) mass is 213 g/mol. The SMILES string of the molecule is CCCC[C@H](CC)N[C@H]1CCCC[C@H]1O. The molecule has 0 saturated heterocycles. The van der Waals surface area contributed by atoms with E-state index in [9.17, 15) is 5.11 Å². The summed E-state index contributed by atoms with van der Waals surface area (Å²) in [5, 5.41) is 13.5. The van der Waals surface area contributed by atoms with Gasteiger partial charge in [0.1, 0.15) is 0 Å². The summed E-state index contributed by atoms with van der Waals surface area (Å²) in [6, 6.07) is 0.975. The van der Waals surface area contributed by atoms with E-state index >= 15 is 0 Å². The molecule has 0 aromatic carbocycles. The minimum Gasteiger partial charge on any atom is -0.392 e. The van der Waals surface area contributed by atoms with Crippen LogP contribution in [-0.2, 0) is 0 Å². The molecule has 0 spiro atoms. The molecule has 0 unspecified atom stereocenters. The lowest BCUT2D eigenvalue weighted by molar-refractivity contribution is 0.0836. The molecule has 1 saturated carbocycles. The Morgan fingerprint density at radius 1 is 1.27 bits per heavy atom. The van der Waals surface area contributed by atoms with Gasteiger partial charge in [-0.2, -0.15) is 0 Å². The molecule has 0 aromatic rings. The second kappa shape index (κ2) is 7.24. The Morgan fingerprint density at radius 3 is 2.60 bits per heavy atom. The third-order valence-corrected chi connectivity index (χ3v) is 3.58. The van der Waals surface area contributed by atoms with E-state index in [-0.39, 0.29) is 6.10 Å². The molecule has 1 aliphatic carbocycles. The van der Waals surface area contributed by atoms with Gasteiger partial charge in [0.2, 0.25) is 0 Å². The van der Waals surface area contributed by atoms with Crippen molar-refractivity contribution in [3.63, 3.8) is 0 Å². The normalized spacial score (nSPS) is 29.0. The van der Waals surface area contributed by atoms with Crippen molar-refractivity contribution in [2.45, 2.75) is 83.4 Å². The van der Waals surface area contributed by atoms with Crippen molar-refractivity contribution >= 4 is 0 Å². The Balaban J connectivity index is 2.29. The maximum atomic E-state index is 9.88. The zero-order chi connectivity index (χ0) is 11.1. The van der Waals surface area contributed by atoms with E-state index in [1.54, 1.807) is 0 Å². The summed E-state index contributed by atoms with van der Waals surface area (Å²) in [5.41, 5.74) is 0. The van der Waals surface area contributed by atoms with Gasteiger partial charge >= 0.3 is 0 Å². The van der Waals surface area contributed by atoms with Crippen LogP contribution < -0.4 is 5.32 Å². The molecule has 2 heteroatoms. The van der Waals surface area contributed by atoms with Crippen LogP contribution in [0.5, 0.6) is 0 Å². The molecule has 0 bridgehead atoms. The van der Waals surface area contributed by atoms with Crippen LogP contribution >= 0.6 is 0 Å². The minimum absolute atomic E-state index is 0.102. The molecule has 1 aliphatic rings. The molecule has 0 heterocycles. The van der Waals surface area contributed by atoms with Gasteiger partial charge in [-0.05, 0) is 25.7 Å². The molecular weight excluding hydrogens is 186 g/mol. The minimum atomic E-state index is -0.102. The number of nitrogens with one attached hydrogen (secondary N) is 1. The second-order valence-electron chi connectivity index (χ2n) is 4.87. The third kappa shape index (κ3) is 4.52. The molecule has 0 aromatic heterocycles. The third-order valence-electron chi connectivity index (χ3n) is 3.58. The maximum Gasteiger partial charge on any atom is 0.0693 e. The van der Waals surface area contributed by atoms with Crippen LogP contribution in [0.25, 0.3) is 0 Å². The largest absolute Gasteiger partial charge is 0.392 e. The van der Waals surface area contributed by atoms with E-state index in [1.807, 2.05) is 0 Å². The lowest BCUT2D eigenvalue weighted by Gasteiger charge is -2.32. The van der Waals surface area contributed by atoms with Gasteiger partial charge in [0.15, 0.2) is 0 Å². The molecule has 90 valence electrons. The first-order chi connectivity index (χ1) is 7.27. The van der Waals surface area contributed by atoms with E-state index in [4.69, 9.17) is 0 Å². The number of rotatable bonds is 6. The van der Waals surface area contributed by atoms with Crippen molar-refractivity contribution in [1.29, 1.82) is 0 Å². The van der Waals surface area contributed by atoms with E-state index in [0.29, 0.717) is 12.1 Å². The highest BCUT2D eigenvalue weighted by atomic mass is 16.3. The van der Waals surface area contributed by atoms with Crippen molar-refractivity contribution in [3.8, 4) is 0 Å². The maximum absolute atomic E-state index is 9.88. The van der Waals surface area contributed by atoms with Crippen LogP contribution in [0.1, 0.15) is 65.2 Å². The topological polar surface area (TPSA) is 32.3 Å². The molecule has 0 radical (unpaired) electrons. The fourth-order valence-electron chi connectivity index (χ4n) is 2.46. The standard InChI is InChI=1S/C13H27NO/c1-3-5-8-11(4-2)14-12-9-6-7-10-13(12)15/h11-15H,3-10H2,1-2H3/t11-,12-,13+/m0/s1. The van der Waals surface area contributed by atoms with Crippen molar-refractivity contribution in [3.05, 3.63) is 0 Å². The summed E-state index contributed by atoms with van der Waals surface area (Å²) in [5.74, 6) is 0. The Kier molecular flexibility index (Phi) is 6.26. The summed E-state index contributed by atoms with van der Waals surface area (Å²) in [6.07, 6.45) is 9.53. The van der Waals surface area contributed by atoms with Gasteiger partial charge in [0, 0.05) is 12.1 Å². The highest BCUT2D eigenvalue weighted by Gasteiger charge is 2.24. The molecule has 0 amide bonds. The van der Waals surface area contributed by atoms with E-state index in [2.05, 4.69) is 19.2 Å². The number of hydrogen-bond acceptors (Lipinski definition) is 2. The first-order valence-electron chi connectivity index (χ1n) is 6.72. The number of aliphatic hydroxyl groups excluding tert-OH is 1. The Bertz CT molecular complexity index is 161. The molecule has 2 N–H and O–H groups in total. The zero-order valence-electron chi connectivity index (χ0n) is 10.3. The number of unbranched alkanes of at least 4 members (excludes halogenated alkanes) is 1. The van der Waals surface area contributed by atoms with Crippen molar-refractivity contribution in [2.75, 3.05) is 0 Å². The van der Waals surface area contributed by atoms with Crippen LogP contribution in [0.4, 0.5) is 0 Å². The molecular formula is C13H27NO. The highest BCUT2D eigenvalue weighted by Crippen LogP contribution is 2.19. The second-order valence-corrected chi connectivity index (χ2v) is 4.87. The summed E-state index contributed by atoms with van der Waals surface area (Å²) < 4.78 is 0. The van der Waals surface area contributed by atoms with E-state index in [0.717, 1.165) is 12.8 Å². The van der Waals surface area contributed by atoms with Crippen molar-refractivity contribution in [1.82, 2.24) is 5.32 Å².